The van der Waals surface area contributed by atoms with E-state index in [2.05, 4.69) is 9.29 Å². The van der Waals surface area contributed by atoms with E-state index in [9.17, 15) is 26.4 Å². The van der Waals surface area contributed by atoms with Gasteiger partial charge in [0.15, 0.2) is 0 Å². The highest BCUT2D eigenvalue weighted by Crippen LogP contribution is 2.59. The van der Waals surface area contributed by atoms with Gasteiger partial charge in [0.1, 0.15) is 5.75 Å². The highest BCUT2D eigenvalue weighted by atomic mass is 32.2. The van der Waals surface area contributed by atoms with E-state index in [-0.39, 0.29) is 17.4 Å². The number of hydrogen-bond acceptors (Lipinski definition) is 8. The monoisotopic (exact) mass is 795 g/mol. The lowest BCUT2D eigenvalue weighted by atomic mass is 9.71. The number of aromatic nitrogens is 1. The van der Waals surface area contributed by atoms with E-state index in [0.29, 0.717) is 58.8 Å². The molecule has 0 spiro atoms. The third kappa shape index (κ3) is 6.28. The summed E-state index contributed by atoms with van der Waals surface area (Å²) in [7, 11) is -3.12. The largest absolute Gasteiger partial charge is 0.497 e. The minimum absolute atomic E-state index is 0.0774. The van der Waals surface area contributed by atoms with Crippen LogP contribution in [0.1, 0.15) is 80.6 Å². The number of sulfonamides is 1. The number of methoxy groups -OCH3 is 1. The summed E-state index contributed by atoms with van der Waals surface area (Å²) in [6.45, 7) is 6.28. The van der Waals surface area contributed by atoms with Crippen molar-refractivity contribution >= 4 is 42.9 Å². The van der Waals surface area contributed by atoms with E-state index >= 15 is 0 Å². The van der Waals surface area contributed by atoms with E-state index in [1.165, 1.54) is 26.1 Å². The summed E-state index contributed by atoms with van der Waals surface area (Å²) >= 11 is 0. The van der Waals surface area contributed by atoms with Crippen LogP contribution in [0.5, 0.6) is 5.75 Å². The van der Waals surface area contributed by atoms with Crippen molar-refractivity contribution in [1.82, 2.24) is 22.8 Å². The first-order chi connectivity index (χ1) is 26.1. The van der Waals surface area contributed by atoms with Crippen LogP contribution in [0, 0.1) is 16.2 Å². The van der Waals surface area contributed by atoms with Crippen molar-refractivity contribution in [3.05, 3.63) is 53.6 Å². The lowest BCUT2D eigenvalue weighted by molar-refractivity contribution is -0.137. The number of benzene rings is 2. The summed E-state index contributed by atoms with van der Waals surface area (Å²) < 4.78 is 70.5. The van der Waals surface area contributed by atoms with Gasteiger partial charge in [0.2, 0.25) is 15.9 Å². The van der Waals surface area contributed by atoms with Gasteiger partial charge in [0.25, 0.3) is 5.91 Å². The number of nitrogens with zero attached hydrogens (tertiary/aromatic N) is 4. The molecular formula is C40H53N5O8S2. The Morgan fingerprint density at radius 1 is 0.927 bits per heavy atom. The summed E-state index contributed by atoms with van der Waals surface area (Å²) in [6.07, 6.45) is 6.87. The van der Waals surface area contributed by atoms with Gasteiger partial charge in [-0.15, -0.1) is 0 Å². The van der Waals surface area contributed by atoms with Gasteiger partial charge in [-0.25, -0.2) is 17.4 Å². The molecule has 1 aromatic heterocycles. The molecule has 2 saturated carbocycles. The maximum atomic E-state index is 14.9. The SMILES string of the molecule is COc1ccc(-c2c(C3CCCCC3)c3ccc(C(=O)NS(=O)(=O)N(C)C)cc3n2CC2(C(=O)N3CC45COCC4(C3)CN(S(=O)(=O)C(C)C)C5)CC2)cc1. The van der Waals surface area contributed by atoms with Crippen molar-refractivity contribution in [2.75, 3.05) is 60.6 Å². The highest BCUT2D eigenvalue weighted by molar-refractivity contribution is 7.89. The number of fused-ring (bicyclic) bond motifs is 1. The Hall–Kier alpha value is -3.50. The zero-order valence-electron chi connectivity index (χ0n) is 32.5. The second kappa shape index (κ2) is 13.6. The maximum absolute atomic E-state index is 14.9. The van der Waals surface area contributed by atoms with Crippen molar-refractivity contribution in [2.45, 2.75) is 76.5 Å². The lowest BCUT2D eigenvalue weighted by Gasteiger charge is -2.30. The topological polar surface area (TPSA) is 148 Å². The molecule has 1 N–H and O–H groups in total. The van der Waals surface area contributed by atoms with E-state index in [0.717, 1.165) is 57.9 Å². The lowest BCUT2D eigenvalue weighted by Crippen LogP contribution is -2.45. The number of amides is 2. The van der Waals surface area contributed by atoms with Crippen LogP contribution in [0.4, 0.5) is 0 Å². The average molecular weight is 796 g/mol. The smallest absolute Gasteiger partial charge is 0.303 e. The molecule has 2 atom stereocenters. The summed E-state index contributed by atoms with van der Waals surface area (Å²) in [4.78, 5) is 30.4. The van der Waals surface area contributed by atoms with Crippen molar-refractivity contribution in [3.8, 4) is 17.0 Å². The van der Waals surface area contributed by atoms with Crippen LogP contribution < -0.4 is 9.46 Å². The molecule has 8 rings (SSSR count). The zero-order valence-corrected chi connectivity index (χ0v) is 34.1. The highest BCUT2D eigenvalue weighted by Gasteiger charge is 2.69. The second-order valence-corrected chi connectivity index (χ2v) is 21.6. The molecular weight excluding hydrogens is 743 g/mol. The van der Waals surface area contributed by atoms with Crippen molar-refractivity contribution in [2.24, 2.45) is 16.2 Å². The molecule has 15 heteroatoms. The fourth-order valence-electron chi connectivity index (χ4n) is 9.88. The van der Waals surface area contributed by atoms with Gasteiger partial charge in [-0.2, -0.15) is 12.7 Å². The molecule has 3 saturated heterocycles. The summed E-state index contributed by atoms with van der Waals surface area (Å²) in [6, 6.07) is 13.4. The van der Waals surface area contributed by atoms with Crippen molar-refractivity contribution in [3.63, 3.8) is 0 Å². The third-order valence-corrected chi connectivity index (χ3v) is 16.9. The van der Waals surface area contributed by atoms with Gasteiger partial charge >= 0.3 is 10.2 Å². The van der Waals surface area contributed by atoms with Crippen LogP contribution in [0.25, 0.3) is 22.2 Å². The van der Waals surface area contributed by atoms with Gasteiger partial charge in [0, 0.05) is 74.1 Å². The number of carbonyl (C=O) groups excluding carboxylic acids is 2. The number of rotatable bonds is 11. The standard InChI is InChI=1S/C40H53N5O8S2/c1-27(2)54(48,49)44-23-39-21-43(22-40(39,24-44)26-53-25-39)37(47)38(17-18-38)20-45-33-19-30(36(46)41-55(50,51)42(3)4)13-16-32(33)34(28-9-7-6-8-10-28)35(45)29-11-14-31(52-5)15-12-29/h11-16,19,27-28H,6-10,17-18,20-26H2,1-5H3,(H,41,46). The molecule has 3 aliphatic heterocycles. The van der Waals surface area contributed by atoms with Crippen LogP contribution in [0.3, 0.4) is 0 Å². The van der Waals surface area contributed by atoms with E-state index in [4.69, 9.17) is 9.47 Å². The van der Waals surface area contributed by atoms with Crippen LogP contribution in [0.15, 0.2) is 42.5 Å². The second-order valence-electron chi connectivity index (χ2n) is 17.2. The average Bonchev–Trinajstić information content (AvgIpc) is 3.45. The minimum Gasteiger partial charge on any atom is -0.497 e. The first-order valence-electron chi connectivity index (χ1n) is 19.5. The first-order valence-corrected chi connectivity index (χ1v) is 22.4. The molecule has 298 valence electrons. The van der Waals surface area contributed by atoms with Crippen molar-refractivity contribution < 1.29 is 35.9 Å². The van der Waals surface area contributed by atoms with Crippen LogP contribution in [-0.2, 0) is 36.3 Å². The number of nitrogens with one attached hydrogen (secondary N) is 1. The molecule has 0 radical (unpaired) electrons. The molecule has 55 heavy (non-hydrogen) atoms. The quantitative estimate of drug-likeness (QED) is 0.297. The Labute approximate surface area is 324 Å². The molecule has 0 bridgehead atoms. The van der Waals surface area contributed by atoms with Crippen LogP contribution >= 0.6 is 0 Å². The Kier molecular flexibility index (Phi) is 9.47. The molecule has 4 heterocycles. The molecule has 3 aromatic rings. The first kappa shape index (κ1) is 38.4. The fraction of sp³-hybridized carbons (Fsp3) is 0.600. The van der Waals surface area contributed by atoms with Gasteiger partial charge in [-0.05, 0) is 93.0 Å². The molecule has 2 amide bonds. The Morgan fingerprint density at radius 3 is 2.13 bits per heavy atom. The molecule has 5 aliphatic rings. The predicted molar refractivity (Wildman–Crippen MR) is 209 cm³/mol. The summed E-state index contributed by atoms with van der Waals surface area (Å²) in [5, 5.41) is 0.478. The number of carbonyl (C=O) groups is 2. The van der Waals surface area contributed by atoms with Crippen LogP contribution in [-0.4, -0.2) is 113 Å². The van der Waals surface area contributed by atoms with E-state index < -0.39 is 47.6 Å². The Bertz CT molecular complexity index is 2220. The zero-order chi connectivity index (χ0) is 39.1. The predicted octanol–water partition coefficient (Wildman–Crippen LogP) is 4.58. The number of hydrogen-bond donors (Lipinski definition) is 1. The van der Waals surface area contributed by atoms with Gasteiger partial charge in [-0.1, -0.05) is 25.3 Å². The van der Waals surface area contributed by atoms with Gasteiger partial charge < -0.3 is 18.9 Å². The molecule has 2 unspecified atom stereocenters. The van der Waals surface area contributed by atoms with Gasteiger partial charge in [0.05, 0.1) is 36.7 Å². The molecule has 5 fully saturated rings. The minimum atomic E-state index is -4.03. The maximum Gasteiger partial charge on any atom is 0.303 e. The Morgan fingerprint density at radius 2 is 1.56 bits per heavy atom. The molecule has 13 nitrogen and oxygen atoms in total. The Balaban J connectivity index is 1.20. The summed E-state index contributed by atoms with van der Waals surface area (Å²) in [5.41, 5.74) is 2.61. The summed E-state index contributed by atoms with van der Waals surface area (Å²) in [5.74, 6) is 0.353. The van der Waals surface area contributed by atoms with Crippen molar-refractivity contribution in [1.29, 1.82) is 0 Å². The number of likely N-dealkylation sites (tertiary alicyclic amines) is 1. The molecule has 2 aliphatic carbocycles. The number of ether oxygens (including phenoxy) is 2. The van der Waals surface area contributed by atoms with Crippen LogP contribution in [0.2, 0.25) is 0 Å². The van der Waals surface area contributed by atoms with E-state index in [1.54, 1.807) is 37.4 Å². The van der Waals surface area contributed by atoms with E-state index in [1.807, 2.05) is 35.2 Å². The van der Waals surface area contributed by atoms with Gasteiger partial charge in [-0.3, -0.25) is 9.59 Å². The normalized spacial score (nSPS) is 25.5. The molecule has 2 aromatic carbocycles. The third-order valence-electron chi connectivity index (χ3n) is 13.3. The fourth-order valence-corrected chi connectivity index (χ4v) is 11.9.